The van der Waals surface area contributed by atoms with Gasteiger partial charge in [-0.25, -0.2) is 9.59 Å². The fourth-order valence-electron chi connectivity index (χ4n) is 2.58. The molecular formula is C22H29NO5Si. The molecule has 2 N–H and O–H groups in total. The van der Waals surface area contributed by atoms with Gasteiger partial charge in [-0.1, -0.05) is 62.1 Å². The monoisotopic (exact) mass is 415 g/mol. The van der Waals surface area contributed by atoms with Crippen LogP contribution >= 0.6 is 0 Å². The first-order valence-corrected chi connectivity index (χ1v) is 13.4. The van der Waals surface area contributed by atoms with Crippen LogP contribution in [0.4, 0.5) is 4.79 Å². The fourth-order valence-corrected chi connectivity index (χ4v) is 3.29. The standard InChI is InChI=1S/C22H29NO5Si/c1-29(2,3)13-12-27-21(25)20(15-18-10-7-11-19(24)14-18)23-22(26)28-16-17-8-5-4-6-9-17/h4-11,14,20,24H,12-13,15-16H2,1-3H3,(H,23,26)/t20-/m0/s1. The molecule has 6 nitrogen and oxygen atoms in total. The topological polar surface area (TPSA) is 84.9 Å². The van der Waals surface area contributed by atoms with Gasteiger partial charge in [-0.2, -0.15) is 0 Å². The highest BCUT2D eigenvalue weighted by Crippen LogP contribution is 2.14. The van der Waals surface area contributed by atoms with Crippen LogP contribution in [-0.2, 0) is 27.3 Å². The van der Waals surface area contributed by atoms with Crippen molar-refractivity contribution in [2.45, 2.75) is 44.8 Å². The quantitative estimate of drug-likeness (QED) is 0.475. The van der Waals surface area contributed by atoms with Crippen LogP contribution in [0.5, 0.6) is 5.75 Å². The molecule has 1 atom stereocenters. The van der Waals surface area contributed by atoms with Crippen molar-refractivity contribution in [2.24, 2.45) is 0 Å². The molecular weight excluding hydrogens is 386 g/mol. The van der Waals surface area contributed by atoms with Crippen molar-refractivity contribution >= 4 is 20.1 Å². The van der Waals surface area contributed by atoms with Gasteiger partial charge in [0.2, 0.25) is 0 Å². The van der Waals surface area contributed by atoms with Gasteiger partial charge in [-0.15, -0.1) is 0 Å². The minimum Gasteiger partial charge on any atom is -0.508 e. The number of hydrogen-bond donors (Lipinski definition) is 2. The third kappa shape index (κ3) is 8.82. The molecule has 0 bridgehead atoms. The van der Waals surface area contributed by atoms with Crippen molar-refractivity contribution in [3.63, 3.8) is 0 Å². The van der Waals surface area contributed by atoms with E-state index < -0.39 is 26.2 Å². The lowest BCUT2D eigenvalue weighted by atomic mass is 10.1. The molecule has 0 saturated heterocycles. The first kappa shape index (κ1) is 22.5. The highest BCUT2D eigenvalue weighted by molar-refractivity contribution is 6.76. The fraction of sp³-hybridized carbons (Fsp3) is 0.364. The number of alkyl carbamates (subject to hydrolysis) is 1. The van der Waals surface area contributed by atoms with Gasteiger partial charge < -0.3 is 19.9 Å². The first-order valence-electron chi connectivity index (χ1n) is 9.65. The molecule has 0 spiro atoms. The highest BCUT2D eigenvalue weighted by atomic mass is 28.3. The Balaban J connectivity index is 1.98. The number of carbonyl (C=O) groups excluding carboxylic acids is 2. The van der Waals surface area contributed by atoms with Crippen LogP contribution in [0.1, 0.15) is 11.1 Å². The van der Waals surface area contributed by atoms with Gasteiger partial charge in [0.05, 0.1) is 6.61 Å². The number of rotatable bonds is 9. The minimum atomic E-state index is -1.34. The van der Waals surface area contributed by atoms with Crippen LogP contribution in [0, 0.1) is 0 Å². The van der Waals surface area contributed by atoms with Crippen molar-refractivity contribution in [3.05, 3.63) is 65.7 Å². The maximum Gasteiger partial charge on any atom is 0.408 e. The third-order valence-corrected chi connectivity index (χ3v) is 5.94. The number of esters is 1. The smallest absolute Gasteiger partial charge is 0.408 e. The lowest BCUT2D eigenvalue weighted by Crippen LogP contribution is -2.44. The van der Waals surface area contributed by atoms with Gasteiger partial charge in [0.25, 0.3) is 0 Å². The van der Waals surface area contributed by atoms with Crippen molar-refractivity contribution < 1.29 is 24.2 Å². The Hall–Kier alpha value is -2.80. The van der Waals surface area contributed by atoms with Gasteiger partial charge in [0.1, 0.15) is 18.4 Å². The second-order valence-corrected chi connectivity index (χ2v) is 13.7. The van der Waals surface area contributed by atoms with E-state index in [0.29, 0.717) is 12.2 Å². The molecule has 2 aromatic rings. The van der Waals surface area contributed by atoms with Crippen LogP contribution in [0.25, 0.3) is 0 Å². The number of ether oxygens (including phenoxy) is 2. The zero-order chi connectivity index (χ0) is 21.3. The molecule has 0 unspecified atom stereocenters. The van der Waals surface area contributed by atoms with Gasteiger partial charge in [0.15, 0.2) is 0 Å². The molecule has 0 aromatic heterocycles. The van der Waals surface area contributed by atoms with E-state index in [-0.39, 0.29) is 18.8 Å². The molecule has 1 amide bonds. The van der Waals surface area contributed by atoms with E-state index in [1.54, 1.807) is 24.3 Å². The maximum atomic E-state index is 12.6. The van der Waals surface area contributed by atoms with Gasteiger partial charge in [-0.3, -0.25) is 0 Å². The number of carbonyl (C=O) groups is 2. The average Bonchev–Trinajstić information content (AvgIpc) is 2.65. The van der Waals surface area contributed by atoms with Gasteiger partial charge >= 0.3 is 12.1 Å². The summed E-state index contributed by atoms with van der Waals surface area (Å²) in [5, 5.41) is 12.3. The Morgan fingerprint density at radius 3 is 2.34 bits per heavy atom. The lowest BCUT2D eigenvalue weighted by molar-refractivity contribution is -0.145. The molecule has 0 aliphatic rings. The zero-order valence-corrected chi connectivity index (χ0v) is 18.2. The number of phenolic OH excluding ortho intramolecular Hbond substituents is 1. The second kappa shape index (κ2) is 10.7. The van der Waals surface area contributed by atoms with E-state index >= 15 is 0 Å². The highest BCUT2D eigenvalue weighted by Gasteiger charge is 2.24. The SMILES string of the molecule is C[Si](C)(C)CCOC(=O)[C@H](Cc1cccc(O)c1)NC(=O)OCc1ccccc1. The molecule has 0 heterocycles. The predicted molar refractivity (Wildman–Crippen MR) is 114 cm³/mol. The summed E-state index contributed by atoms with van der Waals surface area (Å²) in [5.41, 5.74) is 1.56. The summed E-state index contributed by atoms with van der Waals surface area (Å²) in [5.74, 6) is -0.414. The van der Waals surface area contributed by atoms with Crippen LogP contribution in [-0.4, -0.2) is 37.9 Å². The minimum absolute atomic E-state index is 0.0972. The molecule has 2 aromatic carbocycles. The van der Waals surface area contributed by atoms with Gasteiger partial charge in [-0.05, 0) is 29.3 Å². The maximum absolute atomic E-state index is 12.6. The Morgan fingerprint density at radius 2 is 1.69 bits per heavy atom. The molecule has 7 heteroatoms. The van der Waals surface area contributed by atoms with E-state index in [2.05, 4.69) is 25.0 Å². The van der Waals surface area contributed by atoms with E-state index in [0.717, 1.165) is 11.6 Å². The Kier molecular flexibility index (Phi) is 8.27. The Bertz CT molecular complexity index is 804. The lowest BCUT2D eigenvalue weighted by Gasteiger charge is -2.20. The molecule has 0 saturated carbocycles. The van der Waals surface area contributed by atoms with Crippen molar-refractivity contribution in [1.29, 1.82) is 0 Å². The summed E-state index contributed by atoms with van der Waals surface area (Å²) in [6.45, 7) is 7.03. The number of hydrogen-bond acceptors (Lipinski definition) is 5. The number of nitrogens with one attached hydrogen (secondary N) is 1. The second-order valence-electron chi connectivity index (χ2n) is 8.11. The van der Waals surface area contributed by atoms with E-state index in [9.17, 15) is 14.7 Å². The van der Waals surface area contributed by atoms with Crippen LogP contribution in [0.15, 0.2) is 54.6 Å². The van der Waals surface area contributed by atoms with Crippen LogP contribution in [0.3, 0.4) is 0 Å². The molecule has 0 fully saturated rings. The van der Waals surface area contributed by atoms with E-state index in [1.807, 2.05) is 30.3 Å². The molecule has 0 aliphatic carbocycles. The van der Waals surface area contributed by atoms with E-state index in [1.165, 1.54) is 0 Å². The van der Waals surface area contributed by atoms with Crippen LogP contribution in [0.2, 0.25) is 25.7 Å². The molecule has 156 valence electrons. The van der Waals surface area contributed by atoms with Crippen molar-refractivity contribution in [3.8, 4) is 5.75 Å². The molecule has 29 heavy (non-hydrogen) atoms. The number of phenols is 1. The number of benzene rings is 2. The van der Waals surface area contributed by atoms with E-state index in [4.69, 9.17) is 9.47 Å². The summed E-state index contributed by atoms with van der Waals surface area (Å²) in [6.07, 6.45) is -0.498. The zero-order valence-electron chi connectivity index (χ0n) is 17.2. The van der Waals surface area contributed by atoms with Crippen LogP contribution < -0.4 is 5.32 Å². The summed E-state index contributed by atoms with van der Waals surface area (Å²) in [4.78, 5) is 24.8. The Morgan fingerprint density at radius 1 is 1.00 bits per heavy atom. The Labute approximate surface area is 172 Å². The summed E-state index contributed by atoms with van der Waals surface area (Å²) >= 11 is 0. The third-order valence-electron chi connectivity index (χ3n) is 4.24. The largest absolute Gasteiger partial charge is 0.508 e. The van der Waals surface area contributed by atoms with Crippen molar-refractivity contribution in [2.75, 3.05) is 6.61 Å². The van der Waals surface area contributed by atoms with Crippen molar-refractivity contribution in [1.82, 2.24) is 5.32 Å². The predicted octanol–water partition coefficient (Wildman–Crippen LogP) is 4.11. The normalized spacial score (nSPS) is 12.1. The molecule has 0 aliphatic heterocycles. The first-order chi connectivity index (χ1) is 13.7. The van der Waals surface area contributed by atoms with Gasteiger partial charge in [0, 0.05) is 14.5 Å². The molecule has 0 radical (unpaired) electrons. The summed E-state index contributed by atoms with van der Waals surface area (Å²) in [7, 11) is -1.34. The summed E-state index contributed by atoms with van der Waals surface area (Å²) in [6, 6.07) is 15.8. The number of amides is 1. The summed E-state index contributed by atoms with van der Waals surface area (Å²) < 4.78 is 10.6. The number of aromatic hydroxyl groups is 1. The average molecular weight is 416 g/mol. The molecule has 2 rings (SSSR count).